The molecule has 2 heterocycles. The molecule has 1 saturated heterocycles. The van der Waals surface area contributed by atoms with Crippen LogP contribution >= 0.6 is 0 Å². The second-order valence-electron chi connectivity index (χ2n) is 6.22. The van der Waals surface area contributed by atoms with E-state index in [1.165, 1.54) is 12.1 Å². The fourth-order valence-corrected chi connectivity index (χ4v) is 3.00. The van der Waals surface area contributed by atoms with Crippen molar-refractivity contribution in [3.63, 3.8) is 0 Å². The maximum atomic E-state index is 12.9. The maximum Gasteiger partial charge on any atom is 0.289 e. The van der Waals surface area contributed by atoms with Gasteiger partial charge in [-0.15, -0.1) is 0 Å². The molecular formula is C19H22FNO4. The molecule has 2 aromatic rings. The predicted octanol–water partition coefficient (Wildman–Crippen LogP) is 3.50. The maximum absolute atomic E-state index is 12.9. The first-order chi connectivity index (χ1) is 12.2. The van der Waals surface area contributed by atoms with E-state index in [1.807, 2.05) is 0 Å². The van der Waals surface area contributed by atoms with Crippen LogP contribution in [0.15, 0.2) is 40.8 Å². The fraction of sp³-hybridized carbons (Fsp3) is 0.421. The molecule has 1 aromatic heterocycles. The summed E-state index contributed by atoms with van der Waals surface area (Å²) in [6, 6.07) is 9.43. The number of ether oxygens (including phenoxy) is 2. The van der Waals surface area contributed by atoms with Gasteiger partial charge < -0.3 is 18.8 Å². The molecule has 1 fully saturated rings. The van der Waals surface area contributed by atoms with Crippen molar-refractivity contribution in [2.45, 2.75) is 19.4 Å². The lowest BCUT2D eigenvalue weighted by molar-refractivity contribution is 0.0596. The minimum absolute atomic E-state index is 0.103. The number of carbonyl (C=O) groups is 1. The third-order valence-electron chi connectivity index (χ3n) is 4.26. The number of benzene rings is 1. The van der Waals surface area contributed by atoms with Crippen molar-refractivity contribution in [1.29, 1.82) is 0 Å². The van der Waals surface area contributed by atoms with Gasteiger partial charge in [0.2, 0.25) is 0 Å². The van der Waals surface area contributed by atoms with Crippen LogP contribution in [0.4, 0.5) is 4.39 Å². The Kier molecular flexibility index (Phi) is 5.71. The lowest BCUT2D eigenvalue weighted by Gasteiger charge is -2.32. The summed E-state index contributed by atoms with van der Waals surface area (Å²) in [5.74, 6) is 1.48. The highest BCUT2D eigenvalue weighted by Crippen LogP contribution is 2.21. The van der Waals surface area contributed by atoms with Crippen LogP contribution in [0.2, 0.25) is 0 Å². The molecule has 1 atom stereocenters. The van der Waals surface area contributed by atoms with Gasteiger partial charge in [-0.25, -0.2) is 4.39 Å². The van der Waals surface area contributed by atoms with Crippen LogP contribution in [0, 0.1) is 11.7 Å². The van der Waals surface area contributed by atoms with E-state index in [0.717, 1.165) is 12.8 Å². The predicted molar refractivity (Wildman–Crippen MR) is 89.9 cm³/mol. The quantitative estimate of drug-likeness (QED) is 0.803. The Labute approximate surface area is 146 Å². The Bertz CT molecular complexity index is 698. The monoisotopic (exact) mass is 347 g/mol. The van der Waals surface area contributed by atoms with Crippen LogP contribution in [-0.4, -0.2) is 37.6 Å². The van der Waals surface area contributed by atoms with Crippen molar-refractivity contribution < 1.29 is 23.1 Å². The highest BCUT2D eigenvalue weighted by atomic mass is 19.1. The van der Waals surface area contributed by atoms with Gasteiger partial charge in [-0.1, -0.05) is 0 Å². The van der Waals surface area contributed by atoms with Crippen LogP contribution in [0.5, 0.6) is 5.75 Å². The Hall–Kier alpha value is -2.34. The van der Waals surface area contributed by atoms with Gasteiger partial charge in [0.15, 0.2) is 5.76 Å². The van der Waals surface area contributed by atoms with Crippen LogP contribution in [0.1, 0.15) is 29.2 Å². The normalized spacial score (nSPS) is 17.5. The SMILES string of the molecule is COCc1ccc(C(=O)N2CCCC(COc3ccc(F)cc3)C2)o1. The third kappa shape index (κ3) is 4.60. The molecule has 1 aromatic carbocycles. The van der Waals surface area contributed by atoms with E-state index in [1.54, 1.807) is 36.3 Å². The van der Waals surface area contributed by atoms with Crippen molar-refractivity contribution in [3.05, 3.63) is 53.7 Å². The Morgan fingerprint density at radius 3 is 2.84 bits per heavy atom. The minimum atomic E-state index is -0.284. The Balaban J connectivity index is 1.54. The number of nitrogens with zero attached hydrogens (tertiary/aromatic N) is 1. The van der Waals surface area contributed by atoms with Gasteiger partial charge in [0.1, 0.15) is 23.9 Å². The van der Waals surface area contributed by atoms with E-state index in [4.69, 9.17) is 13.9 Å². The van der Waals surface area contributed by atoms with E-state index in [2.05, 4.69) is 0 Å². The zero-order chi connectivity index (χ0) is 17.6. The zero-order valence-electron chi connectivity index (χ0n) is 14.2. The number of hydrogen-bond acceptors (Lipinski definition) is 4. The summed E-state index contributed by atoms with van der Waals surface area (Å²) in [6.07, 6.45) is 1.92. The summed E-state index contributed by atoms with van der Waals surface area (Å²) in [5.41, 5.74) is 0. The van der Waals surface area contributed by atoms with Crippen LogP contribution in [0.25, 0.3) is 0 Å². The van der Waals surface area contributed by atoms with Gasteiger partial charge in [0.25, 0.3) is 5.91 Å². The number of methoxy groups -OCH3 is 1. The number of hydrogen-bond donors (Lipinski definition) is 0. The summed E-state index contributed by atoms with van der Waals surface area (Å²) >= 11 is 0. The number of carbonyl (C=O) groups excluding carboxylic acids is 1. The molecule has 0 spiro atoms. The molecule has 1 amide bonds. The van der Waals surface area contributed by atoms with E-state index in [9.17, 15) is 9.18 Å². The molecule has 134 valence electrons. The zero-order valence-corrected chi connectivity index (χ0v) is 14.2. The molecular weight excluding hydrogens is 325 g/mol. The molecule has 25 heavy (non-hydrogen) atoms. The third-order valence-corrected chi connectivity index (χ3v) is 4.26. The first-order valence-corrected chi connectivity index (χ1v) is 8.41. The van der Waals surface area contributed by atoms with Crippen molar-refractivity contribution in [2.75, 3.05) is 26.8 Å². The van der Waals surface area contributed by atoms with E-state index < -0.39 is 0 Å². The van der Waals surface area contributed by atoms with Gasteiger partial charge in [-0.3, -0.25) is 4.79 Å². The van der Waals surface area contributed by atoms with Gasteiger partial charge in [-0.05, 0) is 49.2 Å². The van der Waals surface area contributed by atoms with E-state index in [-0.39, 0.29) is 17.6 Å². The molecule has 3 rings (SSSR count). The molecule has 0 bridgehead atoms. The average Bonchev–Trinajstić information content (AvgIpc) is 3.10. The van der Waals surface area contributed by atoms with Crippen molar-refractivity contribution in [3.8, 4) is 5.75 Å². The number of piperidine rings is 1. The molecule has 0 saturated carbocycles. The standard InChI is InChI=1S/C19H22FNO4/c1-23-13-17-8-9-18(25-17)19(22)21-10-2-3-14(11-21)12-24-16-6-4-15(20)5-7-16/h4-9,14H,2-3,10-13H2,1H3. The Morgan fingerprint density at radius 2 is 2.08 bits per heavy atom. The summed E-state index contributed by atoms with van der Waals surface area (Å²) in [6.45, 7) is 2.19. The average molecular weight is 347 g/mol. The van der Waals surface area contributed by atoms with E-state index >= 15 is 0 Å². The minimum Gasteiger partial charge on any atom is -0.493 e. The summed E-state index contributed by atoms with van der Waals surface area (Å²) in [4.78, 5) is 14.4. The molecule has 0 aliphatic carbocycles. The lowest BCUT2D eigenvalue weighted by atomic mass is 9.99. The first kappa shape index (κ1) is 17.5. The summed E-state index contributed by atoms with van der Waals surface area (Å²) < 4.78 is 29.2. The second-order valence-corrected chi connectivity index (χ2v) is 6.22. The number of amides is 1. The highest BCUT2D eigenvalue weighted by molar-refractivity contribution is 5.91. The molecule has 1 unspecified atom stereocenters. The van der Waals surface area contributed by atoms with Crippen molar-refractivity contribution in [2.24, 2.45) is 5.92 Å². The Morgan fingerprint density at radius 1 is 1.28 bits per heavy atom. The fourth-order valence-electron chi connectivity index (χ4n) is 3.00. The van der Waals surface area contributed by atoms with Crippen LogP contribution in [-0.2, 0) is 11.3 Å². The summed E-state index contributed by atoms with van der Waals surface area (Å²) in [5, 5.41) is 0. The van der Waals surface area contributed by atoms with Crippen molar-refractivity contribution in [1.82, 2.24) is 4.90 Å². The molecule has 5 nitrogen and oxygen atoms in total. The topological polar surface area (TPSA) is 51.9 Å². The number of rotatable bonds is 6. The molecule has 0 N–H and O–H groups in total. The van der Waals surface area contributed by atoms with E-state index in [0.29, 0.717) is 43.6 Å². The largest absolute Gasteiger partial charge is 0.493 e. The van der Waals surface area contributed by atoms with Crippen LogP contribution in [0.3, 0.4) is 0 Å². The summed E-state index contributed by atoms with van der Waals surface area (Å²) in [7, 11) is 1.58. The smallest absolute Gasteiger partial charge is 0.289 e. The van der Waals surface area contributed by atoms with Crippen LogP contribution < -0.4 is 4.74 Å². The first-order valence-electron chi connectivity index (χ1n) is 8.41. The van der Waals surface area contributed by atoms with Gasteiger partial charge >= 0.3 is 0 Å². The molecule has 1 aliphatic heterocycles. The van der Waals surface area contributed by atoms with Gasteiger partial charge in [0.05, 0.1) is 6.61 Å². The number of furan rings is 1. The lowest BCUT2D eigenvalue weighted by Crippen LogP contribution is -2.41. The molecule has 1 aliphatic rings. The highest BCUT2D eigenvalue weighted by Gasteiger charge is 2.26. The number of halogens is 1. The molecule has 0 radical (unpaired) electrons. The van der Waals surface area contributed by atoms with Crippen molar-refractivity contribution >= 4 is 5.91 Å². The van der Waals surface area contributed by atoms with Gasteiger partial charge in [-0.2, -0.15) is 0 Å². The number of likely N-dealkylation sites (tertiary alicyclic amines) is 1. The van der Waals surface area contributed by atoms with Gasteiger partial charge in [0, 0.05) is 26.1 Å². The second kappa shape index (κ2) is 8.16. The molecule has 6 heteroatoms.